The second-order valence-corrected chi connectivity index (χ2v) is 1.87. The summed E-state index contributed by atoms with van der Waals surface area (Å²) in [5.74, 6) is 0. The maximum atomic E-state index is 9.45. The van der Waals surface area contributed by atoms with Gasteiger partial charge >= 0.3 is 0 Å². The first kappa shape index (κ1) is 10.8. The Bertz CT molecular complexity index is 124. The molecule has 0 heterocycles. The minimum absolute atomic E-state index is 0. The predicted octanol–water partition coefficient (Wildman–Crippen LogP) is 0.119. The summed E-state index contributed by atoms with van der Waals surface area (Å²) in [5.41, 5.74) is 0. The highest BCUT2D eigenvalue weighted by Gasteiger charge is 1.85. The molecule has 8 heavy (non-hydrogen) atoms. The summed E-state index contributed by atoms with van der Waals surface area (Å²) in [7, 11) is -4.42. The summed E-state index contributed by atoms with van der Waals surface area (Å²) in [6, 6.07) is 0. The van der Waals surface area contributed by atoms with Crippen molar-refractivity contribution in [2.24, 2.45) is 0 Å². The van der Waals surface area contributed by atoms with E-state index in [1.165, 1.54) is 6.92 Å². The molecule has 0 fully saturated rings. The standard InChI is InChI=1S/C2H6O4S.CH4/c1-2-6-7(3,4)5;/h2H2,1H3,(H,3,4,5);1H4/p-1. The number of hydrogen-bond donors (Lipinski definition) is 0. The van der Waals surface area contributed by atoms with E-state index >= 15 is 0 Å². The van der Waals surface area contributed by atoms with Crippen molar-refractivity contribution in [1.29, 1.82) is 0 Å². The van der Waals surface area contributed by atoms with E-state index in [9.17, 15) is 13.0 Å². The molecule has 0 unspecified atom stereocenters. The lowest BCUT2D eigenvalue weighted by Crippen LogP contribution is -2.02. The molecule has 0 rings (SSSR count). The topological polar surface area (TPSA) is 66.4 Å². The van der Waals surface area contributed by atoms with Crippen LogP contribution in [0.15, 0.2) is 0 Å². The van der Waals surface area contributed by atoms with Crippen molar-refractivity contribution in [2.75, 3.05) is 6.61 Å². The minimum atomic E-state index is -4.42. The molecule has 0 aliphatic rings. The van der Waals surface area contributed by atoms with Gasteiger partial charge in [-0.25, -0.2) is 8.42 Å². The van der Waals surface area contributed by atoms with Gasteiger partial charge in [-0.05, 0) is 6.92 Å². The second kappa shape index (κ2) is 3.82. The Labute approximate surface area is 49.4 Å². The molecule has 0 atom stereocenters. The highest BCUT2D eigenvalue weighted by atomic mass is 32.3. The lowest BCUT2D eigenvalue weighted by atomic mass is 10.9. The van der Waals surface area contributed by atoms with Gasteiger partial charge in [0, 0.05) is 0 Å². The molecule has 52 valence electrons. The molecule has 0 saturated heterocycles. The Morgan fingerprint density at radius 1 is 1.62 bits per heavy atom. The van der Waals surface area contributed by atoms with Crippen LogP contribution in [0.1, 0.15) is 14.4 Å². The van der Waals surface area contributed by atoms with E-state index in [1.807, 2.05) is 0 Å². The van der Waals surface area contributed by atoms with Gasteiger partial charge in [-0.1, -0.05) is 7.43 Å². The molecule has 5 heteroatoms. The summed E-state index contributed by atoms with van der Waals surface area (Å²) in [5, 5.41) is 0. The number of hydrogen-bond acceptors (Lipinski definition) is 4. The monoisotopic (exact) mass is 141 g/mol. The van der Waals surface area contributed by atoms with Gasteiger partial charge in [0.05, 0.1) is 6.61 Å². The third kappa shape index (κ3) is 9.30. The van der Waals surface area contributed by atoms with Gasteiger partial charge in [-0.15, -0.1) is 0 Å². The van der Waals surface area contributed by atoms with E-state index in [-0.39, 0.29) is 14.0 Å². The zero-order valence-electron chi connectivity index (χ0n) is 3.75. The summed E-state index contributed by atoms with van der Waals surface area (Å²) in [6.45, 7) is 1.33. The van der Waals surface area contributed by atoms with Crippen molar-refractivity contribution >= 4 is 10.4 Å². The first-order valence-electron chi connectivity index (χ1n) is 1.66. The molecule has 0 bridgehead atoms. The van der Waals surface area contributed by atoms with Crippen LogP contribution in [0.25, 0.3) is 0 Å². The Morgan fingerprint density at radius 2 is 2.00 bits per heavy atom. The smallest absolute Gasteiger partial charge is 0.217 e. The Hall–Kier alpha value is -0.130. The van der Waals surface area contributed by atoms with Gasteiger partial charge in [-0.2, -0.15) is 0 Å². The maximum absolute atomic E-state index is 9.45. The molecular formula is C3H9O4S-. The average Bonchev–Trinajstić information content (AvgIpc) is 1.30. The van der Waals surface area contributed by atoms with Crippen LogP contribution in [0.5, 0.6) is 0 Å². The molecule has 0 aromatic heterocycles. The van der Waals surface area contributed by atoms with Crippen LogP contribution in [0.2, 0.25) is 0 Å². The third-order valence-electron chi connectivity index (χ3n) is 0.262. The minimum Gasteiger partial charge on any atom is -0.726 e. The van der Waals surface area contributed by atoms with Crippen LogP contribution in [-0.2, 0) is 14.6 Å². The summed E-state index contributed by atoms with van der Waals surface area (Å²) < 4.78 is 32.0. The van der Waals surface area contributed by atoms with Gasteiger partial charge in [-0.3, -0.25) is 4.18 Å². The molecule has 0 aromatic carbocycles. The van der Waals surface area contributed by atoms with E-state index in [0.29, 0.717) is 0 Å². The largest absolute Gasteiger partial charge is 0.726 e. The fourth-order valence-electron chi connectivity index (χ4n) is 0.144. The fourth-order valence-corrected chi connectivity index (χ4v) is 0.433. The Balaban J connectivity index is 0. The fraction of sp³-hybridized carbons (Fsp3) is 1.00. The van der Waals surface area contributed by atoms with Crippen molar-refractivity contribution in [3.05, 3.63) is 0 Å². The van der Waals surface area contributed by atoms with Crippen LogP contribution < -0.4 is 0 Å². The Morgan fingerprint density at radius 3 is 2.00 bits per heavy atom. The molecule has 0 spiro atoms. The molecule has 0 aliphatic carbocycles. The van der Waals surface area contributed by atoms with Crippen molar-refractivity contribution in [3.8, 4) is 0 Å². The van der Waals surface area contributed by atoms with E-state index in [2.05, 4.69) is 4.18 Å². The average molecular weight is 141 g/mol. The molecule has 4 nitrogen and oxygen atoms in total. The van der Waals surface area contributed by atoms with Gasteiger partial charge < -0.3 is 4.55 Å². The second-order valence-electron chi connectivity index (χ2n) is 0.815. The van der Waals surface area contributed by atoms with E-state index in [0.717, 1.165) is 0 Å². The van der Waals surface area contributed by atoms with Crippen LogP contribution in [0.3, 0.4) is 0 Å². The zero-order valence-corrected chi connectivity index (χ0v) is 4.56. The molecule has 0 radical (unpaired) electrons. The highest BCUT2D eigenvalue weighted by molar-refractivity contribution is 7.80. The van der Waals surface area contributed by atoms with Crippen molar-refractivity contribution in [3.63, 3.8) is 0 Å². The van der Waals surface area contributed by atoms with Gasteiger partial charge in [0.2, 0.25) is 10.4 Å². The maximum Gasteiger partial charge on any atom is 0.217 e. The molecule has 0 saturated carbocycles. The third-order valence-corrected chi connectivity index (χ3v) is 0.787. The predicted molar refractivity (Wildman–Crippen MR) is 28.1 cm³/mol. The van der Waals surface area contributed by atoms with Crippen LogP contribution >= 0.6 is 0 Å². The van der Waals surface area contributed by atoms with Crippen LogP contribution in [0.4, 0.5) is 0 Å². The summed E-state index contributed by atoms with van der Waals surface area (Å²) in [4.78, 5) is 0. The SMILES string of the molecule is C.CCOS(=O)(=O)[O-]. The van der Waals surface area contributed by atoms with Crippen LogP contribution in [-0.4, -0.2) is 19.6 Å². The normalized spacial score (nSPS) is 10.2. The van der Waals surface area contributed by atoms with Gasteiger partial charge in [0.1, 0.15) is 0 Å². The summed E-state index contributed by atoms with van der Waals surface area (Å²) >= 11 is 0. The van der Waals surface area contributed by atoms with E-state index in [4.69, 9.17) is 0 Å². The summed E-state index contributed by atoms with van der Waals surface area (Å²) in [6.07, 6.45) is 0. The van der Waals surface area contributed by atoms with Crippen molar-refractivity contribution < 1.29 is 17.2 Å². The quantitative estimate of drug-likeness (QED) is 0.404. The van der Waals surface area contributed by atoms with E-state index in [1.54, 1.807) is 0 Å². The molecule has 0 aliphatic heterocycles. The zero-order chi connectivity index (χ0) is 5.91. The molecule has 0 N–H and O–H groups in total. The van der Waals surface area contributed by atoms with Gasteiger partial charge in [0.15, 0.2) is 0 Å². The molecule has 0 amide bonds. The van der Waals surface area contributed by atoms with Crippen LogP contribution in [0, 0.1) is 0 Å². The van der Waals surface area contributed by atoms with Crippen molar-refractivity contribution in [1.82, 2.24) is 0 Å². The lowest BCUT2D eigenvalue weighted by molar-refractivity contribution is 0.275. The molecular weight excluding hydrogens is 132 g/mol. The highest BCUT2D eigenvalue weighted by Crippen LogP contribution is 1.80. The van der Waals surface area contributed by atoms with E-state index < -0.39 is 10.4 Å². The Kier molecular flexibility index (Phi) is 5.15. The first-order chi connectivity index (χ1) is 3.06. The first-order valence-corrected chi connectivity index (χ1v) is 3.00. The number of rotatable bonds is 2. The van der Waals surface area contributed by atoms with Gasteiger partial charge in [0.25, 0.3) is 0 Å². The molecule has 0 aromatic rings. The van der Waals surface area contributed by atoms with Crippen molar-refractivity contribution in [2.45, 2.75) is 14.4 Å². The lowest BCUT2D eigenvalue weighted by Gasteiger charge is -2.02.